The summed E-state index contributed by atoms with van der Waals surface area (Å²) in [6.45, 7) is 2.19. The summed E-state index contributed by atoms with van der Waals surface area (Å²) < 4.78 is 0. The van der Waals surface area contributed by atoms with Crippen molar-refractivity contribution in [1.29, 1.82) is 0 Å². The van der Waals surface area contributed by atoms with Crippen molar-refractivity contribution in [3.05, 3.63) is 0 Å². The highest BCUT2D eigenvalue weighted by Gasteiger charge is 2.37. The molecule has 0 radical (unpaired) electrons. The fourth-order valence-electron chi connectivity index (χ4n) is 2.90. The summed E-state index contributed by atoms with van der Waals surface area (Å²) in [6.07, 6.45) is 8.55. The van der Waals surface area contributed by atoms with Crippen LogP contribution in [0, 0.1) is 17.8 Å². The van der Waals surface area contributed by atoms with Gasteiger partial charge in [-0.25, -0.2) is 0 Å². The average molecular weight is 293 g/mol. The first-order valence-electron chi connectivity index (χ1n) is 6.95. The molecule has 0 bridgehead atoms. The van der Waals surface area contributed by atoms with Gasteiger partial charge in [0.15, 0.2) is 0 Å². The zero-order valence-electron chi connectivity index (χ0n) is 11.0. The van der Waals surface area contributed by atoms with Crippen molar-refractivity contribution >= 4 is 33.7 Å². The van der Waals surface area contributed by atoms with E-state index in [2.05, 4.69) is 6.92 Å². The van der Waals surface area contributed by atoms with E-state index in [1.165, 1.54) is 25.7 Å². The Kier molecular flexibility index (Phi) is 7.25. The Morgan fingerprint density at radius 1 is 1.00 bits per heavy atom. The van der Waals surface area contributed by atoms with Gasteiger partial charge in [0.05, 0.1) is 0 Å². The monoisotopic (exact) mass is 292 g/mol. The number of hydrogen-bond donors (Lipinski definition) is 0. The van der Waals surface area contributed by atoms with Crippen LogP contribution in [0.2, 0.25) is 0 Å². The quantitative estimate of drug-likeness (QED) is 0.511. The van der Waals surface area contributed by atoms with E-state index in [-0.39, 0.29) is 11.8 Å². The van der Waals surface area contributed by atoms with Crippen molar-refractivity contribution in [2.24, 2.45) is 17.8 Å². The third-order valence-corrected chi connectivity index (χ3v) is 4.57. The third kappa shape index (κ3) is 4.89. The molecule has 18 heavy (non-hydrogen) atoms. The van der Waals surface area contributed by atoms with E-state index < -0.39 is 10.5 Å². The molecule has 3 unspecified atom stereocenters. The van der Waals surface area contributed by atoms with E-state index in [0.717, 1.165) is 19.3 Å². The largest absolute Gasteiger partial charge is 0.281 e. The number of halogens is 2. The van der Waals surface area contributed by atoms with Crippen LogP contribution in [0.4, 0.5) is 0 Å². The lowest BCUT2D eigenvalue weighted by molar-refractivity contribution is -0.126. The van der Waals surface area contributed by atoms with E-state index in [9.17, 15) is 9.59 Å². The fourth-order valence-corrected chi connectivity index (χ4v) is 3.40. The highest BCUT2D eigenvalue weighted by Crippen LogP contribution is 2.38. The first kappa shape index (κ1) is 16.0. The minimum absolute atomic E-state index is 0.358. The molecule has 1 fully saturated rings. The second kappa shape index (κ2) is 8.16. The molecule has 2 nitrogen and oxygen atoms in total. The molecule has 0 N–H and O–H groups in total. The number of rotatable bonds is 7. The van der Waals surface area contributed by atoms with E-state index in [1.807, 2.05) is 0 Å². The molecule has 1 rings (SSSR count). The average Bonchev–Trinajstić information content (AvgIpc) is 2.34. The van der Waals surface area contributed by atoms with Gasteiger partial charge in [0.25, 0.3) is 0 Å². The molecular weight excluding hydrogens is 271 g/mol. The first-order valence-corrected chi connectivity index (χ1v) is 7.70. The van der Waals surface area contributed by atoms with Crippen molar-refractivity contribution in [1.82, 2.24) is 0 Å². The van der Waals surface area contributed by atoms with Crippen molar-refractivity contribution in [3.8, 4) is 0 Å². The van der Waals surface area contributed by atoms with Crippen LogP contribution in [-0.4, -0.2) is 10.5 Å². The van der Waals surface area contributed by atoms with Crippen molar-refractivity contribution in [2.45, 2.75) is 58.3 Å². The standard InChI is InChI=1S/C14H22Cl2O2/c1-2-3-4-5-6-10-7-8-11(13(15)17)12(9-10)14(16)18/h10-12H,2-9H2,1H3. The SMILES string of the molecule is CCCCCCC1CCC(C(=O)Cl)C(C(=O)Cl)C1. The molecule has 104 valence electrons. The van der Waals surface area contributed by atoms with Gasteiger partial charge in [0, 0.05) is 11.8 Å². The Morgan fingerprint density at radius 2 is 1.67 bits per heavy atom. The molecule has 1 saturated carbocycles. The van der Waals surface area contributed by atoms with Crippen LogP contribution < -0.4 is 0 Å². The van der Waals surface area contributed by atoms with Crippen LogP contribution in [0.15, 0.2) is 0 Å². The lowest BCUT2D eigenvalue weighted by atomic mass is 9.73. The number of hydrogen-bond acceptors (Lipinski definition) is 2. The molecule has 0 aliphatic heterocycles. The molecule has 1 aliphatic carbocycles. The van der Waals surface area contributed by atoms with E-state index >= 15 is 0 Å². The molecule has 0 aromatic rings. The molecule has 0 aromatic carbocycles. The lowest BCUT2D eigenvalue weighted by Crippen LogP contribution is -2.32. The van der Waals surface area contributed by atoms with Crippen LogP contribution in [0.25, 0.3) is 0 Å². The summed E-state index contributed by atoms with van der Waals surface area (Å²) in [6, 6.07) is 0. The zero-order valence-corrected chi connectivity index (χ0v) is 12.5. The summed E-state index contributed by atoms with van der Waals surface area (Å²) in [7, 11) is 0. The smallest absolute Gasteiger partial charge is 0.225 e. The van der Waals surface area contributed by atoms with Crippen LogP contribution in [0.1, 0.15) is 58.3 Å². The minimum atomic E-state index is -0.404. The highest BCUT2D eigenvalue weighted by atomic mass is 35.5. The summed E-state index contributed by atoms with van der Waals surface area (Å²) in [4.78, 5) is 22.7. The zero-order chi connectivity index (χ0) is 13.5. The van der Waals surface area contributed by atoms with E-state index in [1.54, 1.807) is 0 Å². The van der Waals surface area contributed by atoms with Crippen molar-refractivity contribution in [2.75, 3.05) is 0 Å². The molecule has 3 atom stereocenters. The number of carbonyl (C=O) groups is 2. The maximum Gasteiger partial charge on any atom is 0.225 e. The Labute approximate surface area is 119 Å². The predicted molar refractivity (Wildman–Crippen MR) is 74.8 cm³/mol. The normalized spacial score (nSPS) is 28.1. The van der Waals surface area contributed by atoms with Gasteiger partial charge >= 0.3 is 0 Å². The van der Waals surface area contributed by atoms with Crippen LogP contribution in [0.5, 0.6) is 0 Å². The van der Waals surface area contributed by atoms with Crippen LogP contribution >= 0.6 is 23.2 Å². The van der Waals surface area contributed by atoms with Gasteiger partial charge in [-0.1, -0.05) is 39.0 Å². The molecule has 0 spiro atoms. The fraction of sp³-hybridized carbons (Fsp3) is 0.857. The Morgan fingerprint density at radius 3 is 2.22 bits per heavy atom. The maximum absolute atomic E-state index is 11.4. The lowest BCUT2D eigenvalue weighted by Gasteiger charge is -2.32. The molecule has 0 heterocycles. The third-order valence-electron chi connectivity index (χ3n) is 4.01. The maximum atomic E-state index is 11.4. The first-order chi connectivity index (χ1) is 8.56. The predicted octanol–water partition coefficient (Wildman–Crippen LogP) is 4.52. The Bertz CT molecular complexity index is 292. The molecule has 1 aliphatic rings. The van der Waals surface area contributed by atoms with Gasteiger partial charge in [0.1, 0.15) is 0 Å². The summed E-state index contributed by atoms with van der Waals surface area (Å²) in [5.74, 6) is -0.188. The molecule has 0 aromatic heterocycles. The Balaban J connectivity index is 2.42. The van der Waals surface area contributed by atoms with E-state index in [0.29, 0.717) is 12.3 Å². The van der Waals surface area contributed by atoms with Gasteiger partial charge < -0.3 is 0 Å². The highest BCUT2D eigenvalue weighted by molar-refractivity contribution is 6.66. The van der Waals surface area contributed by atoms with Gasteiger partial charge in [-0.2, -0.15) is 0 Å². The summed E-state index contributed by atoms with van der Waals surface area (Å²) in [5, 5.41) is -0.800. The molecule has 0 amide bonds. The van der Waals surface area contributed by atoms with Crippen molar-refractivity contribution < 1.29 is 9.59 Å². The van der Waals surface area contributed by atoms with E-state index in [4.69, 9.17) is 23.2 Å². The van der Waals surface area contributed by atoms with Crippen LogP contribution in [0.3, 0.4) is 0 Å². The summed E-state index contributed by atoms with van der Waals surface area (Å²) >= 11 is 11.1. The van der Waals surface area contributed by atoms with Crippen LogP contribution in [-0.2, 0) is 9.59 Å². The summed E-state index contributed by atoms with van der Waals surface area (Å²) in [5.41, 5.74) is 0. The second-order valence-corrected chi connectivity index (χ2v) is 6.09. The van der Waals surface area contributed by atoms with Gasteiger partial charge in [-0.3, -0.25) is 9.59 Å². The minimum Gasteiger partial charge on any atom is -0.281 e. The number of unbranched alkanes of at least 4 members (excludes halogenated alkanes) is 3. The second-order valence-electron chi connectivity index (χ2n) is 5.35. The van der Waals surface area contributed by atoms with Gasteiger partial charge in [-0.05, 0) is 48.4 Å². The van der Waals surface area contributed by atoms with Gasteiger partial charge in [0.2, 0.25) is 10.5 Å². The Hall–Kier alpha value is -0.0800. The number of carbonyl (C=O) groups excluding carboxylic acids is 2. The molecular formula is C14H22Cl2O2. The van der Waals surface area contributed by atoms with Gasteiger partial charge in [-0.15, -0.1) is 0 Å². The topological polar surface area (TPSA) is 34.1 Å². The molecule has 0 saturated heterocycles. The molecule has 4 heteroatoms. The van der Waals surface area contributed by atoms with Crippen molar-refractivity contribution in [3.63, 3.8) is 0 Å².